The van der Waals surface area contributed by atoms with Gasteiger partial charge in [0.1, 0.15) is 6.04 Å². The van der Waals surface area contributed by atoms with E-state index in [2.05, 4.69) is 22.8 Å². The van der Waals surface area contributed by atoms with Gasteiger partial charge in [-0.3, -0.25) is 9.59 Å². The quantitative estimate of drug-likeness (QED) is 0.737. The average molecular weight is 379 g/mol. The van der Waals surface area contributed by atoms with Crippen molar-refractivity contribution in [1.82, 2.24) is 10.6 Å². The number of carbonyl (C=O) groups excluding carboxylic acids is 2. The van der Waals surface area contributed by atoms with Crippen LogP contribution in [0, 0.1) is 5.92 Å². The van der Waals surface area contributed by atoms with Crippen molar-refractivity contribution in [3.63, 3.8) is 0 Å². The lowest BCUT2D eigenvalue weighted by molar-refractivity contribution is -0.131. The fraction of sp³-hybridized carbons (Fsp3) is 0.417. The highest BCUT2D eigenvalue weighted by Crippen LogP contribution is 2.23. The van der Waals surface area contributed by atoms with Gasteiger partial charge in [0, 0.05) is 18.9 Å². The molecular weight excluding hydrogens is 348 g/mol. The van der Waals surface area contributed by atoms with Crippen LogP contribution in [0.3, 0.4) is 0 Å². The molecule has 4 nitrogen and oxygen atoms in total. The molecule has 2 aromatic carbocycles. The minimum Gasteiger partial charge on any atom is -0.354 e. The first-order chi connectivity index (χ1) is 13.7. The van der Waals surface area contributed by atoms with E-state index in [9.17, 15) is 9.59 Å². The first-order valence-electron chi connectivity index (χ1n) is 10.4. The topological polar surface area (TPSA) is 58.2 Å². The molecule has 1 saturated carbocycles. The summed E-state index contributed by atoms with van der Waals surface area (Å²) in [6, 6.07) is 19.4. The Bertz CT molecular complexity index is 740. The largest absolute Gasteiger partial charge is 0.354 e. The fourth-order valence-corrected chi connectivity index (χ4v) is 3.81. The summed E-state index contributed by atoms with van der Waals surface area (Å²) in [5.74, 6) is -0.0353. The van der Waals surface area contributed by atoms with Gasteiger partial charge in [0.05, 0.1) is 0 Å². The van der Waals surface area contributed by atoms with Crippen LogP contribution in [0.25, 0.3) is 0 Å². The summed E-state index contributed by atoms with van der Waals surface area (Å²) in [5, 5.41) is 6.04. The maximum Gasteiger partial charge on any atom is 0.242 e. The van der Waals surface area contributed by atoms with Crippen LogP contribution < -0.4 is 10.6 Å². The van der Waals surface area contributed by atoms with Crippen molar-refractivity contribution in [1.29, 1.82) is 0 Å². The number of hydrogen-bond acceptors (Lipinski definition) is 2. The molecule has 3 rings (SSSR count). The second-order valence-electron chi connectivity index (χ2n) is 7.61. The third-order valence-electron chi connectivity index (χ3n) is 5.45. The molecule has 2 aromatic rings. The first kappa shape index (κ1) is 20.1. The lowest BCUT2D eigenvalue weighted by Gasteiger charge is -2.24. The van der Waals surface area contributed by atoms with Gasteiger partial charge in [-0.25, -0.2) is 0 Å². The van der Waals surface area contributed by atoms with Crippen LogP contribution in [0.15, 0.2) is 60.7 Å². The molecule has 4 heteroatoms. The van der Waals surface area contributed by atoms with E-state index in [1.165, 1.54) is 12.0 Å². The Hall–Kier alpha value is -2.62. The molecule has 0 aliphatic heterocycles. The second kappa shape index (κ2) is 10.6. The van der Waals surface area contributed by atoms with Crippen molar-refractivity contribution in [3.8, 4) is 0 Å². The van der Waals surface area contributed by atoms with Gasteiger partial charge in [-0.05, 0) is 30.4 Å². The van der Waals surface area contributed by atoms with Gasteiger partial charge in [-0.15, -0.1) is 0 Å². The maximum absolute atomic E-state index is 12.8. The third kappa shape index (κ3) is 6.22. The van der Waals surface area contributed by atoms with E-state index in [1.807, 2.05) is 48.5 Å². The van der Waals surface area contributed by atoms with Crippen molar-refractivity contribution < 1.29 is 9.59 Å². The van der Waals surface area contributed by atoms with Gasteiger partial charge in [-0.1, -0.05) is 79.9 Å². The van der Waals surface area contributed by atoms with Crippen LogP contribution in [0.5, 0.6) is 0 Å². The zero-order valence-electron chi connectivity index (χ0n) is 16.4. The molecule has 1 aliphatic rings. The molecule has 0 radical (unpaired) electrons. The highest BCUT2D eigenvalue weighted by molar-refractivity contribution is 5.88. The van der Waals surface area contributed by atoms with Gasteiger partial charge in [0.15, 0.2) is 0 Å². The molecule has 0 heterocycles. The van der Waals surface area contributed by atoms with Crippen LogP contribution in [-0.2, 0) is 22.4 Å². The Kier molecular flexibility index (Phi) is 7.65. The van der Waals surface area contributed by atoms with E-state index in [0.717, 1.165) is 37.7 Å². The van der Waals surface area contributed by atoms with Gasteiger partial charge in [0.25, 0.3) is 0 Å². The van der Waals surface area contributed by atoms with Crippen LogP contribution >= 0.6 is 0 Å². The molecular formula is C24H30N2O2. The molecule has 1 aliphatic carbocycles. The van der Waals surface area contributed by atoms with E-state index in [-0.39, 0.29) is 17.7 Å². The van der Waals surface area contributed by atoms with E-state index in [4.69, 9.17) is 0 Å². The number of hydrogen-bond donors (Lipinski definition) is 2. The Morgan fingerprint density at radius 2 is 1.46 bits per heavy atom. The molecule has 28 heavy (non-hydrogen) atoms. The highest BCUT2D eigenvalue weighted by atomic mass is 16.2. The van der Waals surface area contributed by atoms with Crippen molar-refractivity contribution >= 4 is 11.8 Å². The van der Waals surface area contributed by atoms with Crippen molar-refractivity contribution in [2.45, 2.75) is 51.0 Å². The molecule has 0 unspecified atom stereocenters. The molecule has 0 saturated heterocycles. The molecule has 1 fully saturated rings. The highest BCUT2D eigenvalue weighted by Gasteiger charge is 2.26. The van der Waals surface area contributed by atoms with Crippen molar-refractivity contribution in [2.24, 2.45) is 5.92 Å². The minimum atomic E-state index is -0.535. The minimum absolute atomic E-state index is 0.0267. The molecule has 2 amide bonds. The fourth-order valence-electron chi connectivity index (χ4n) is 3.81. The summed E-state index contributed by atoms with van der Waals surface area (Å²) >= 11 is 0. The summed E-state index contributed by atoms with van der Waals surface area (Å²) in [6.07, 6.45) is 6.56. The molecule has 0 bridgehead atoms. The predicted molar refractivity (Wildman–Crippen MR) is 112 cm³/mol. The van der Waals surface area contributed by atoms with E-state index in [0.29, 0.717) is 13.0 Å². The number of amides is 2. The Morgan fingerprint density at radius 3 is 2.11 bits per heavy atom. The lowest BCUT2D eigenvalue weighted by Crippen LogP contribution is -2.50. The Labute approximate surface area is 167 Å². The summed E-state index contributed by atoms with van der Waals surface area (Å²) < 4.78 is 0. The molecule has 0 aromatic heterocycles. The molecule has 148 valence electrons. The Morgan fingerprint density at radius 1 is 0.857 bits per heavy atom. The zero-order valence-corrected chi connectivity index (χ0v) is 16.4. The smallest absolute Gasteiger partial charge is 0.242 e. The number of carbonyl (C=O) groups is 2. The number of rotatable bonds is 8. The van der Waals surface area contributed by atoms with Crippen LogP contribution in [0.4, 0.5) is 0 Å². The standard InChI is InChI=1S/C24H30N2O2/c27-23(21-14-8-3-9-15-21)26-22(18-20-12-6-2-7-13-20)24(28)25-17-16-19-10-4-1-5-11-19/h1-2,4-7,10-13,21-22H,3,8-9,14-18H2,(H,25,28)(H,26,27)/t22-/m1/s1. The van der Waals surface area contributed by atoms with Crippen LogP contribution in [0.2, 0.25) is 0 Å². The van der Waals surface area contributed by atoms with Gasteiger partial charge in [0.2, 0.25) is 11.8 Å². The number of nitrogens with one attached hydrogen (secondary N) is 2. The molecule has 0 spiro atoms. The number of benzene rings is 2. The molecule has 1 atom stereocenters. The van der Waals surface area contributed by atoms with Crippen LogP contribution in [-0.4, -0.2) is 24.4 Å². The summed E-state index contributed by atoms with van der Waals surface area (Å²) in [7, 11) is 0. The predicted octanol–water partition coefficient (Wildman–Crippen LogP) is 3.65. The average Bonchev–Trinajstić information content (AvgIpc) is 2.75. The van der Waals surface area contributed by atoms with Crippen LogP contribution in [0.1, 0.15) is 43.2 Å². The summed E-state index contributed by atoms with van der Waals surface area (Å²) in [4.78, 5) is 25.5. The SMILES string of the molecule is O=C(N[C@H](Cc1ccccc1)C(=O)NCCc1ccccc1)C1CCCCC1. The monoisotopic (exact) mass is 378 g/mol. The second-order valence-corrected chi connectivity index (χ2v) is 7.61. The summed E-state index contributed by atoms with van der Waals surface area (Å²) in [5.41, 5.74) is 2.24. The van der Waals surface area contributed by atoms with Gasteiger partial charge < -0.3 is 10.6 Å². The third-order valence-corrected chi connectivity index (χ3v) is 5.45. The Balaban J connectivity index is 1.59. The van der Waals surface area contributed by atoms with E-state index >= 15 is 0 Å². The lowest BCUT2D eigenvalue weighted by atomic mass is 9.88. The van der Waals surface area contributed by atoms with Crippen molar-refractivity contribution in [2.75, 3.05) is 6.54 Å². The zero-order chi connectivity index (χ0) is 19.6. The van der Waals surface area contributed by atoms with Crippen molar-refractivity contribution in [3.05, 3.63) is 71.8 Å². The normalized spacial score (nSPS) is 15.6. The van der Waals surface area contributed by atoms with Gasteiger partial charge >= 0.3 is 0 Å². The maximum atomic E-state index is 12.8. The summed E-state index contributed by atoms with van der Waals surface area (Å²) in [6.45, 7) is 0.563. The van der Waals surface area contributed by atoms with E-state index in [1.54, 1.807) is 0 Å². The molecule has 2 N–H and O–H groups in total. The first-order valence-corrected chi connectivity index (χ1v) is 10.4. The van der Waals surface area contributed by atoms with Gasteiger partial charge in [-0.2, -0.15) is 0 Å². The van der Waals surface area contributed by atoms with E-state index < -0.39 is 6.04 Å².